The fourth-order valence-electron chi connectivity index (χ4n) is 2.45. The first kappa shape index (κ1) is 16.0. The molecule has 0 aliphatic carbocycles. The van der Waals surface area contributed by atoms with Gasteiger partial charge in [0.25, 0.3) is 0 Å². The largest absolute Gasteiger partial charge is 0.370 e. The maximum Gasteiger partial charge on any atom is 0.232 e. The van der Waals surface area contributed by atoms with Crippen molar-refractivity contribution in [3.63, 3.8) is 0 Å². The van der Waals surface area contributed by atoms with Crippen LogP contribution < -0.4 is 10.2 Å². The van der Waals surface area contributed by atoms with Gasteiger partial charge in [0, 0.05) is 30.9 Å². The number of anilines is 3. The minimum Gasteiger partial charge on any atom is -0.370 e. The molecular weight excluding hydrogens is 296 g/mol. The van der Waals surface area contributed by atoms with Gasteiger partial charge in [-0.3, -0.25) is 0 Å². The van der Waals surface area contributed by atoms with Crippen molar-refractivity contribution in [2.24, 2.45) is 0 Å². The van der Waals surface area contributed by atoms with Gasteiger partial charge < -0.3 is 10.2 Å². The Bertz CT molecular complexity index is 772. The summed E-state index contributed by atoms with van der Waals surface area (Å²) in [6.45, 7) is 3.03. The van der Waals surface area contributed by atoms with E-state index in [1.165, 1.54) is 0 Å². The van der Waals surface area contributed by atoms with Gasteiger partial charge in [0.05, 0.1) is 5.69 Å². The van der Waals surface area contributed by atoms with E-state index in [0.717, 1.165) is 35.7 Å². The van der Waals surface area contributed by atoms with Crippen LogP contribution in [0.1, 0.15) is 13.3 Å². The molecule has 0 spiro atoms. The zero-order valence-corrected chi connectivity index (χ0v) is 14.1. The van der Waals surface area contributed by atoms with Crippen molar-refractivity contribution in [2.75, 3.05) is 23.8 Å². The van der Waals surface area contributed by atoms with Gasteiger partial charge in [-0.25, -0.2) is 4.98 Å². The summed E-state index contributed by atoms with van der Waals surface area (Å²) in [4.78, 5) is 11.4. The summed E-state index contributed by atoms with van der Waals surface area (Å²) in [5.74, 6) is 1.53. The summed E-state index contributed by atoms with van der Waals surface area (Å²) in [6.07, 6.45) is 1.05. The molecule has 0 aliphatic rings. The lowest BCUT2D eigenvalue weighted by Gasteiger charge is -2.19. The Hall–Kier alpha value is -2.88. The van der Waals surface area contributed by atoms with Crippen LogP contribution in [0.3, 0.4) is 0 Å². The van der Waals surface area contributed by atoms with Crippen LogP contribution >= 0.6 is 0 Å². The van der Waals surface area contributed by atoms with Crippen molar-refractivity contribution < 1.29 is 0 Å². The quantitative estimate of drug-likeness (QED) is 0.713. The van der Waals surface area contributed by atoms with Crippen LogP contribution in [-0.2, 0) is 0 Å². The van der Waals surface area contributed by atoms with Gasteiger partial charge in [-0.05, 0) is 18.6 Å². The third-order valence-corrected chi connectivity index (χ3v) is 3.78. The molecule has 1 aromatic heterocycles. The molecule has 0 radical (unpaired) electrons. The topological polar surface area (TPSA) is 41.1 Å². The van der Waals surface area contributed by atoms with Gasteiger partial charge in [0.2, 0.25) is 5.95 Å². The predicted octanol–water partition coefficient (Wildman–Crippen LogP) is 4.73. The predicted molar refractivity (Wildman–Crippen MR) is 101 cm³/mol. The molecule has 122 valence electrons. The fourth-order valence-corrected chi connectivity index (χ4v) is 2.45. The molecule has 0 saturated carbocycles. The molecule has 2 aromatic carbocycles. The second kappa shape index (κ2) is 7.59. The van der Waals surface area contributed by atoms with Crippen molar-refractivity contribution in [1.29, 1.82) is 0 Å². The highest BCUT2D eigenvalue weighted by atomic mass is 15.3. The molecule has 0 unspecified atom stereocenters. The van der Waals surface area contributed by atoms with E-state index in [-0.39, 0.29) is 0 Å². The number of rotatable bonds is 6. The number of nitrogens with one attached hydrogen (secondary N) is 1. The molecule has 4 nitrogen and oxygen atoms in total. The normalized spacial score (nSPS) is 10.4. The number of hydrogen-bond donors (Lipinski definition) is 1. The molecule has 4 heteroatoms. The Morgan fingerprint density at radius 2 is 1.58 bits per heavy atom. The van der Waals surface area contributed by atoms with E-state index >= 15 is 0 Å². The minimum absolute atomic E-state index is 0.682. The number of aromatic nitrogens is 2. The van der Waals surface area contributed by atoms with E-state index in [0.29, 0.717) is 5.95 Å². The number of nitrogens with zero attached hydrogens (tertiary/aromatic N) is 3. The molecular formula is C20H22N4. The van der Waals surface area contributed by atoms with E-state index in [9.17, 15) is 0 Å². The van der Waals surface area contributed by atoms with E-state index in [2.05, 4.69) is 41.5 Å². The first-order chi connectivity index (χ1) is 11.8. The lowest BCUT2D eigenvalue weighted by molar-refractivity contribution is 0.958. The van der Waals surface area contributed by atoms with Gasteiger partial charge in [-0.1, -0.05) is 55.5 Å². The maximum absolute atomic E-state index is 4.76. The van der Waals surface area contributed by atoms with Crippen molar-refractivity contribution >= 4 is 17.5 Å². The summed E-state index contributed by atoms with van der Waals surface area (Å²) in [7, 11) is 1.99. The lowest BCUT2D eigenvalue weighted by Crippen LogP contribution is -2.15. The maximum atomic E-state index is 4.76. The third kappa shape index (κ3) is 3.71. The summed E-state index contributed by atoms with van der Waals surface area (Å²) in [5.41, 5.74) is 3.06. The average molecular weight is 318 g/mol. The molecule has 0 amide bonds. The molecule has 0 saturated heterocycles. The summed E-state index contributed by atoms with van der Waals surface area (Å²) in [6, 6.07) is 22.4. The molecule has 3 aromatic rings. The van der Waals surface area contributed by atoms with Crippen LogP contribution in [0.25, 0.3) is 11.3 Å². The molecule has 0 aliphatic heterocycles. The number of hydrogen-bond acceptors (Lipinski definition) is 4. The Balaban J connectivity index is 2.01. The standard InChI is InChI=1S/C20H22N4/c1-3-14-21-19-15-18(16-10-6-4-7-11-16)22-20(23-19)24(2)17-12-8-5-9-13-17/h4-13,15H,3,14H2,1-2H3,(H,21,22,23). The van der Waals surface area contributed by atoms with Gasteiger partial charge in [-0.2, -0.15) is 4.98 Å². The lowest BCUT2D eigenvalue weighted by atomic mass is 10.1. The highest BCUT2D eigenvalue weighted by molar-refractivity contribution is 5.66. The Labute approximate surface area is 143 Å². The van der Waals surface area contributed by atoms with Crippen molar-refractivity contribution in [3.05, 3.63) is 66.7 Å². The van der Waals surface area contributed by atoms with Crippen LogP contribution in [0.2, 0.25) is 0 Å². The second-order valence-electron chi connectivity index (χ2n) is 5.63. The SMILES string of the molecule is CCCNc1cc(-c2ccccc2)nc(N(C)c2ccccc2)n1. The number of benzene rings is 2. The molecule has 0 atom stereocenters. The molecule has 1 heterocycles. The van der Waals surface area contributed by atoms with Gasteiger partial charge in [0.15, 0.2) is 0 Å². The van der Waals surface area contributed by atoms with Crippen LogP contribution in [0.4, 0.5) is 17.5 Å². The zero-order chi connectivity index (χ0) is 16.8. The molecule has 1 N–H and O–H groups in total. The second-order valence-corrected chi connectivity index (χ2v) is 5.63. The molecule has 0 bridgehead atoms. The molecule has 24 heavy (non-hydrogen) atoms. The van der Waals surface area contributed by atoms with Crippen LogP contribution in [-0.4, -0.2) is 23.6 Å². The first-order valence-electron chi connectivity index (χ1n) is 8.25. The Morgan fingerprint density at radius 1 is 0.917 bits per heavy atom. The minimum atomic E-state index is 0.682. The average Bonchev–Trinajstić information content (AvgIpc) is 2.67. The summed E-state index contributed by atoms with van der Waals surface area (Å²) in [5, 5.41) is 3.37. The van der Waals surface area contributed by atoms with Crippen molar-refractivity contribution in [1.82, 2.24) is 9.97 Å². The van der Waals surface area contributed by atoms with Gasteiger partial charge in [0.1, 0.15) is 5.82 Å². The summed E-state index contributed by atoms with van der Waals surface area (Å²) < 4.78 is 0. The molecule has 0 fully saturated rings. The third-order valence-electron chi connectivity index (χ3n) is 3.78. The Morgan fingerprint density at radius 3 is 2.25 bits per heavy atom. The zero-order valence-electron chi connectivity index (χ0n) is 14.1. The first-order valence-corrected chi connectivity index (χ1v) is 8.25. The fraction of sp³-hybridized carbons (Fsp3) is 0.200. The number of para-hydroxylation sites is 1. The highest BCUT2D eigenvalue weighted by Gasteiger charge is 2.11. The van der Waals surface area contributed by atoms with Gasteiger partial charge >= 0.3 is 0 Å². The van der Waals surface area contributed by atoms with Crippen LogP contribution in [0.5, 0.6) is 0 Å². The Kier molecular flexibility index (Phi) is 5.06. The van der Waals surface area contributed by atoms with Gasteiger partial charge in [-0.15, -0.1) is 0 Å². The summed E-state index contributed by atoms with van der Waals surface area (Å²) >= 11 is 0. The molecule has 3 rings (SSSR count). The van der Waals surface area contributed by atoms with E-state index in [4.69, 9.17) is 4.98 Å². The van der Waals surface area contributed by atoms with E-state index in [1.807, 2.05) is 54.4 Å². The smallest absolute Gasteiger partial charge is 0.232 e. The van der Waals surface area contributed by atoms with E-state index in [1.54, 1.807) is 0 Å². The monoisotopic (exact) mass is 318 g/mol. The van der Waals surface area contributed by atoms with Crippen LogP contribution in [0, 0.1) is 0 Å². The van der Waals surface area contributed by atoms with Crippen molar-refractivity contribution in [2.45, 2.75) is 13.3 Å². The highest BCUT2D eigenvalue weighted by Crippen LogP contribution is 2.26. The van der Waals surface area contributed by atoms with Crippen molar-refractivity contribution in [3.8, 4) is 11.3 Å². The van der Waals surface area contributed by atoms with E-state index < -0.39 is 0 Å². The van der Waals surface area contributed by atoms with Crippen LogP contribution in [0.15, 0.2) is 66.7 Å².